The standard InChI is InChI=1S/C22H25N3O2/c1-25(16-21(26)24-14-17-8-3-2-4-9-17)22(27)13-7-10-18-15-23-20-12-6-5-11-19(18)20/h2-6,8-9,11-12,15,23H,7,10,13-14,16H2,1H3,(H,24,26). The van der Waals surface area contributed by atoms with Gasteiger partial charge in [0, 0.05) is 37.1 Å². The van der Waals surface area contributed by atoms with Gasteiger partial charge in [-0.2, -0.15) is 0 Å². The minimum absolute atomic E-state index is 0.00953. The Labute approximate surface area is 159 Å². The molecule has 0 aliphatic carbocycles. The summed E-state index contributed by atoms with van der Waals surface area (Å²) in [6.07, 6.45) is 4.04. The molecule has 2 N–H and O–H groups in total. The molecule has 0 radical (unpaired) electrons. The SMILES string of the molecule is CN(CC(=O)NCc1ccccc1)C(=O)CCCc1c[nH]c2ccccc12. The summed E-state index contributed by atoms with van der Waals surface area (Å²) in [6.45, 7) is 0.557. The molecule has 5 heteroatoms. The first-order chi connectivity index (χ1) is 13.1. The van der Waals surface area contributed by atoms with Crippen LogP contribution in [0.5, 0.6) is 0 Å². The summed E-state index contributed by atoms with van der Waals surface area (Å²) in [5.41, 5.74) is 3.38. The number of nitrogens with zero attached hydrogens (tertiary/aromatic N) is 1. The summed E-state index contributed by atoms with van der Waals surface area (Å²) in [5.74, 6) is -0.156. The van der Waals surface area contributed by atoms with Gasteiger partial charge in [0.15, 0.2) is 0 Å². The molecule has 0 saturated heterocycles. The summed E-state index contributed by atoms with van der Waals surface area (Å²) in [5, 5.41) is 4.05. The molecule has 3 aromatic rings. The molecule has 0 atom stereocenters. The number of benzene rings is 2. The molecule has 140 valence electrons. The zero-order valence-corrected chi connectivity index (χ0v) is 15.6. The maximum absolute atomic E-state index is 12.3. The van der Waals surface area contributed by atoms with E-state index in [2.05, 4.69) is 16.4 Å². The van der Waals surface area contributed by atoms with Crippen LogP contribution in [0.1, 0.15) is 24.0 Å². The fraction of sp³-hybridized carbons (Fsp3) is 0.273. The van der Waals surface area contributed by atoms with E-state index in [1.54, 1.807) is 7.05 Å². The fourth-order valence-corrected chi connectivity index (χ4v) is 3.12. The van der Waals surface area contributed by atoms with Crippen molar-refractivity contribution in [3.05, 3.63) is 71.9 Å². The van der Waals surface area contributed by atoms with E-state index < -0.39 is 0 Å². The Bertz CT molecular complexity index is 902. The van der Waals surface area contributed by atoms with Gasteiger partial charge in [0.05, 0.1) is 6.54 Å². The summed E-state index contributed by atoms with van der Waals surface area (Å²) < 4.78 is 0. The highest BCUT2D eigenvalue weighted by Crippen LogP contribution is 2.19. The molecule has 0 spiro atoms. The molecule has 0 saturated carbocycles. The molecular formula is C22H25N3O2. The summed E-state index contributed by atoms with van der Waals surface area (Å²) in [6, 6.07) is 17.9. The molecule has 0 unspecified atom stereocenters. The number of amides is 2. The molecule has 0 bridgehead atoms. The largest absolute Gasteiger partial charge is 0.361 e. The number of hydrogen-bond donors (Lipinski definition) is 2. The second-order valence-corrected chi connectivity index (χ2v) is 6.73. The zero-order chi connectivity index (χ0) is 19.1. The molecule has 2 amide bonds. The number of carbonyl (C=O) groups is 2. The first-order valence-corrected chi connectivity index (χ1v) is 9.23. The lowest BCUT2D eigenvalue weighted by molar-refractivity contribution is -0.134. The molecule has 5 nitrogen and oxygen atoms in total. The van der Waals surface area contributed by atoms with Crippen LogP contribution in [0.15, 0.2) is 60.8 Å². The molecule has 3 rings (SSSR count). The van der Waals surface area contributed by atoms with Crippen LogP contribution in [-0.2, 0) is 22.6 Å². The summed E-state index contributed by atoms with van der Waals surface area (Å²) in [7, 11) is 1.68. The molecular weight excluding hydrogens is 338 g/mol. The predicted octanol–water partition coefficient (Wildman–Crippen LogP) is 3.27. The number of likely N-dealkylation sites (N-methyl/N-ethyl adjacent to an activating group) is 1. The van der Waals surface area contributed by atoms with Gasteiger partial charge >= 0.3 is 0 Å². The van der Waals surface area contributed by atoms with Gasteiger partial charge in [-0.25, -0.2) is 0 Å². The highest BCUT2D eigenvalue weighted by Gasteiger charge is 2.13. The van der Waals surface area contributed by atoms with Crippen molar-refractivity contribution >= 4 is 22.7 Å². The third-order valence-electron chi connectivity index (χ3n) is 4.65. The maximum Gasteiger partial charge on any atom is 0.239 e. The molecule has 0 aliphatic heterocycles. The first kappa shape index (κ1) is 18.7. The smallest absolute Gasteiger partial charge is 0.239 e. The van der Waals surface area contributed by atoms with Crippen molar-refractivity contribution in [2.75, 3.05) is 13.6 Å². The van der Waals surface area contributed by atoms with Crippen molar-refractivity contribution in [3.63, 3.8) is 0 Å². The molecule has 27 heavy (non-hydrogen) atoms. The minimum Gasteiger partial charge on any atom is -0.361 e. The number of H-pyrrole nitrogens is 1. The highest BCUT2D eigenvalue weighted by molar-refractivity contribution is 5.85. The number of rotatable bonds is 8. The van der Waals surface area contributed by atoms with Crippen molar-refractivity contribution in [1.29, 1.82) is 0 Å². The fourth-order valence-electron chi connectivity index (χ4n) is 3.12. The number of hydrogen-bond acceptors (Lipinski definition) is 2. The van der Waals surface area contributed by atoms with Crippen LogP contribution in [0.4, 0.5) is 0 Å². The maximum atomic E-state index is 12.3. The lowest BCUT2D eigenvalue weighted by atomic mass is 10.1. The van der Waals surface area contributed by atoms with Gasteiger partial charge in [-0.15, -0.1) is 0 Å². The van der Waals surface area contributed by atoms with E-state index in [0.29, 0.717) is 13.0 Å². The molecule has 2 aromatic carbocycles. The van der Waals surface area contributed by atoms with Crippen LogP contribution in [0.2, 0.25) is 0 Å². The predicted molar refractivity (Wildman–Crippen MR) is 107 cm³/mol. The third-order valence-corrected chi connectivity index (χ3v) is 4.65. The van der Waals surface area contributed by atoms with E-state index in [1.165, 1.54) is 15.8 Å². The summed E-state index contributed by atoms with van der Waals surface area (Å²) >= 11 is 0. The number of aryl methyl sites for hydroxylation is 1. The van der Waals surface area contributed by atoms with Crippen LogP contribution in [0, 0.1) is 0 Å². The number of aromatic amines is 1. The number of fused-ring (bicyclic) bond motifs is 1. The molecule has 1 aromatic heterocycles. The zero-order valence-electron chi connectivity index (χ0n) is 15.6. The van der Waals surface area contributed by atoms with Crippen molar-refractivity contribution in [2.45, 2.75) is 25.8 Å². The highest BCUT2D eigenvalue weighted by atomic mass is 16.2. The van der Waals surface area contributed by atoms with Gasteiger partial charge in [0.25, 0.3) is 0 Å². The van der Waals surface area contributed by atoms with Gasteiger partial charge in [-0.3, -0.25) is 9.59 Å². The van der Waals surface area contributed by atoms with Crippen LogP contribution < -0.4 is 5.32 Å². The van der Waals surface area contributed by atoms with E-state index in [4.69, 9.17) is 0 Å². The van der Waals surface area contributed by atoms with Gasteiger partial charge in [-0.05, 0) is 30.0 Å². The topological polar surface area (TPSA) is 65.2 Å². The monoisotopic (exact) mass is 363 g/mol. The van der Waals surface area contributed by atoms with Gasteiger partial charge in [0.2, 0.25) is 11.8 Å². The van der Waals surface area contributed by atoms with E-state index in [9.17, 15) is 9.59 Å². The quantitative estimate of drug-likeness (QED) is 0.645. The average Bonchev–Trinajstić information content (AvgIpc) is 3.10. The van der Waals surface area contributed by atoms with Crippen molar-refractivity contribution in [2.24, 2.45) is 0 Å². The van der Waals surface area contributed by atoms with Crippen molar-refractivity contribution in [3.8, 4) is 0 Å². The van der Waals surface area contributed by atoms with Gasteiger partial charge < -0.3 is 15.2 Å². The number of para-hydroxylation sites is 1. The lowest BCUT2D eigenvalue weighted by Crippen LogP contribution is -2.38. The lowest BCUT2D eigenvalue weighted by Gasteiger charge is -2.16. The van der Waals surface area contributed by atoms with Gasteiger partial charge in [0.1, 0.15) is 0 Å². The average molecular weight is 363 g/mol. The third kappa shape index (κ3) is 5.20. The van der Waals surface area contributed by atoms with Crippen LogP contribution in [0.3, 0.4) is 0 Å². The number of carbonyl (C=O) groups excluding carboxylic acids is 2. The van der Waals surface area contributed by atoms with E-state index in [1.807, 2.05) is 54.7 Å². The Kier molecular flexibility index (Phi) is 6.26. The van der Waals surface area contributed by atoms with E-state index in [0.717, 1.165) is 23.9 Å². The van der Waals surface area contributed by atoms with Crippen LogP contribution in [0.25, 0.3) is 10.9 Å². The normalized spacial score (nSPS) is 10.7. The number of aromatic nitrogens is 1. The Hall–Kier alpha value is -3.08. The second-order valence-electron chi connectivity index (χ2n) is 6.73. The van der Waals surface area contributed by atoms with Crippen molar-refractivity contribution < 1.29 is 9.59 Å². The molecule has 0 fully saturated rings. The molecule has 0 aliphatic rings. The van der Waals surface area contributed by atoms with E-state index >= 15 is 0 Å². The van der Waals surface area contributed by atoms with Crippen LogP contribution in [-0.4, -0.2) is 35.3 Å². The van der Waals surface area contributed by atoms with E-state index in [-0.39, 0.29) is 18.4 Å². The Morgan fingerprint density at radius 1 is 1.04 bits per heavy atom. The Morgan fingerprint density at radius 2 is 1.78 bits per heavy atom. The summed E-state index contributed by atoms with van der Waals surface area (Å²) in [4.78, 5) is 29.1. The van der Waals surface area contributed by atoms with Crippen LogP contribution >= 0.6 is 0 Å². The molecule has 1 heterocycles. The van der Waals surface area contributed by atoms with Crippen molar-refractivity contribution in [1.82, 2.24) is 15.2 Å². The number of nitrogens with one attached hydrogen (secondary N) is 2. The van der Waals surface area contributed by atoms with Gasteiger partial charge in [-0.1, -0.05) is 48.5 Å². The Balaban J connectivity index is 1.40. The second kappa shape index (κ2) is 9.03. The minimum atomic E-state index is -0.147. The first-order valence-electron chi connectivity index (χ1n) is 9.23. The Morgan fingerprint density at radius 3 is 2.59 bits per heavy atom.